The molecule has 0 bridgehead atoms. The monoisotopic (exact) mass is 403 g/mol. The van der Waals surface area contributed by atoms with Crippen molar-refractivity contribution in [3.63, 3.8) is 0 Å². The molecule has 29 heavy (non-hydrogen) atoms. The first-order valence-electron chi connectivity index (χ1n) is 9.36. The van der Waals surface area contributed by atoms with E-state index in [1.807, 2.05) is 60.0 Å². The third-order valence-corrected chi connectivity index (χ3v) is 5.30. The van der Waals surface area contributed by atoms with Crippen molar-refractivity contribution in [3.05, 3.63) is 100 Å². The lowest BCUT2D eigenvalue weighted by molar-refractivity contribution is -0.118. The van der Waals surface area contributed by atoms with Crippen LogP contribution in [0.25, 0.3) is 0 Å². The van der Waals surface area contributed by atoms with Gasteiger partial charge in [-0.3, -0.25) is 4.79 Å². The predicted molar refractivity (Wildman–Crippen MR) is 115 cm³/mol. The first-order chi connectivity index (χ1) is 14.3. The number of anilines is 1. The van der Waals surface area contributed by atoms with Crippen LogP contribution in [0.3, 0.4) is 0 Å². The Morgan fingerprint density at radius 3 is 2.66 bits per heavy atom. The number of hydrogen-bond acceptors (Lipinski definition) is 4. The van der Waals surface area contributed by atoms with Gasteiger partial charge in [0.05, 0.1) is 12.7 Å². The van der Waals surface area contributed by atoms with Gasteiger partial charge in [-0.25, -0.2) is 4.68 Å². The topological polar surface area (TPSA) is 56.1 Å². The molecule has 2 aromatic heterocycles. The standard InChI is InChI=1S/C23H21N3O2S/c27-23(25-22-12-13-24-26(22)16-20-10-6-14-29-20)17-28-21-11-5-4-9-19(21)15-18-7-2-1-3-8-18/h1-14H,15-17H2,(H,25,27). The lowest BCUT2D eigenvalue weighted by Gasteiger charge is -2.12. The zero-order valence-corrected chi connectivity index (χ0v) is 16.6. The Morgan fingerprint density at radius 1 is 1.00 bits per heavy atom. The number of nitrogens with one attached hydrogen (secondary N) is 1. The van der Waals surface area contributed by atoms with E-state index in [1.54, 1.807) is 28.3 Å². The molecule has 0 atom stereocenters. The summed E-state index contributed by atoms with van der Waals surface area (Å²) in [6, 6.07) is 23.9. The third-order valence-electron chi connectivity index (χ3n) is 4.44. The number of para-hydroxylation sites is 1. The third kappa shape index (κ3) is 5.12. The molecule has 2 aromatic carbocycles. The van der Waals surface area contributed by atoms with E-state index in [-0.39, 0.29) is 12.5 Å². The highest BCUT2D eigenvalue weighted by atomic mass is 32.1. The zero-order valence-electron chi connectivity index (χ0n) is 15.8. The number of aromatic nitrogens is 2. The molecule has 1 amide bonds. The molecule has 4 rings (SSSR count). The van der Waals surface area contributed by atoms with Crippen LogP contribution < -0.4 is 10.1 Å². The van der Waals surface area contributed by atoms with Gasteiger partial charge >= 0.3 is 0 Å². The number of nitrogens with zero attached hydrogens (tertiary/aromatic N) is 2. The number of ether oxygens (including phenoxy) is 1. The van der Waals surface area contributed by atoms with E-state index in [1.165, 1.54) is 10.4 Å². The molecule has 4 aromatic rings. The molecule has 146 valence electrons. The summed E-state index contributed by atoms with van der Waals surface area (Å²) in [4.78, 5) is 13.6. The van der Waals surface area contributed by atoms with Gasteiger partial charge < -0.3 is 10.1 Å². The molecule has 0 aliphatic heterocycles. The average molecular weight is 404 g/mol. The Kier molecular flexibility index (Phi) is 6.02. The molecule has 0 aliphatic rings. The first-order valence-corrected chi connectivity index (χ1v) is 10.2. The molecule has 0 unspecified atom stereocenters. The highest BCUT2D eigenvalue weighted by molar-refractivity contribution is 7.09. The summed E-state index contributed by atoms with van der Waals surface area (Å²) in [6.07, 6.45) is 2.44. The number of rotatable bonds is 8. The second-order valence-electron chi connectivity index (χ2n) is 6.56. The number of amides is 1. The highest BCUT2D eigenvalue weighted by Gasteiger charge is 2.11. The van der Waals surface area contributed by atoms with E-state index in [0.29, 0.717) is 12.4 Å². The van der Waals surface area contributed by atoms with Gasteiger partial charge in [-0.1, -0.05) is 54.6 Å². The number of carbonyl (C=O) groups excluding carboxylic acids is 1. The molecule has 0 radical (unpaired) electrons. The van der Waals surface area contributed by atoms with E-state index in [0.717, 1.165) is 17.7 Å². The van der Waals surface area contributed by atoms with Gasteiger partial charge in [0.2, 0.25) is 0 Å². The number of benzene rings is 2. The zero-order chi connectivity index (χ0) is 19.9. The summed E-state index contributed by atoms with van der Waals surface area (Å²) in [5, 5.41) is 9.20. The number of hydrogen-bond donors (Lipinski definition) is 1. The van der Waals surface area contributed by atoms with Crippen LogP contribution in [-0.2, 0) is 17.8 Å². The fraction of sp³-hybridized carbons (Fsp3) is 0.130. The van der Waals surface area contributed by atoms with Crippen molar-refractivity contribution in [2.24, 2.45) is 0 Å². The van der Waals surface area contributed by atoms with Crippen molar-refractivity contribution in [2.75, 3.05) is 11.9 Å². The molecular weight excluding hydrogens is 382 g/mol. The minimum atomic E-state index is -0.215. The van der Waals surface area contributed by atoms with Crippen LogP contribution in [0.1, 0.15) is 16.0 Å². The lowest BCUT2D eigenvalue weighted by Crippen LogP contribution is -2.22. The Balaban J connectivity index is 1.37. The van der Waals surface area contributed by atoms with Crippen LogP contribution >= 0.6 is 11.3 Å². The Morgan fingerprint density at radius 2 is 1.83 bits per heavy atom. The highest BCUT2D eigenvalue weighted by Crippen LogP contribution is 2.21. The smallest absolute Gasteiger partial charge is 0.263 e. The van der Waals surface area contributed by atoms with Crippen LogP contribution in [0.5, 0.6) is 5.75 Å². The maximum Gasteiger partial charge on any atom is 0.263 e. The molecule has 5 nitrogen and oxygen atoms in total. The van der Waals surface area contributed by atoms with Crippen LogP contribution in [-0.4, -0.2) is 22.3 Å². The summed E-state index contributed by atoms with van der Waals surface area (Å²) >= 11 is 1.66. The average Bonchev–Trinajstić information content (AvgIpc) is 3.41. The van der Waals surface area contributed by atoms with Gasteiger partial charge in [0.15, 0.2) is 6.61 Å². The summed E-state index contributed by atoms with van der Waals surface area (Å²) in [5.74, 6) is 1.16. The van der Waals surface area contributed by atoms with Crippen LogP contribution in [0.4, 0.5) is 5.82 Å². The van der Waals surface area contributed by atoms with Gasteiger partial charge in [-0.2, -0.15) is 5.10 Å². The number of thiophene rings is 1. The maximum absolute atomic E-state index is 12.4. The minimum Gasteiger partial charge on any atom is -0.483 e. The molecule has 2 heterocycles. The van der Waals surface area contributed by atoms with E-state index >= 15 is 0 Å². The van der Waals surface area contributed by atoms with Crippen molar-refractivity contribution in [1.82, 2.24) is 9.78 Å². The molecule has 0 aliphatic carbocycles. The van der Waals surface area contributed by atoms with E-state index in [9.17, 15) is 4.79 Å². The molecular formula is C23H21N3O2S. The van der Waals surface area contributed by atoms with Crippen molar-refractivity contribution >= 4 is 23.1 Å². The van der Waals surface area contributed by atoms with Gasteiger partial charge in [-0.15, -0.1) is 11.3 Å². The van der Waals surface area contributed by atoms with Crippen molar-refractivity contribution in [2.45, 2.75) is 13.0 Å². The normalized spacial score (nSPS) is 10.6. The van der Waals surface area contributed by atoms with E-state index in [4.69, 9.17) is 4.74 Å². The second kappa shape index (κ2) is 9.21. The fourth-order valence-corrected chi connectivity index (χ4v) is 3.73. The lowest BCUT2D eigenvalue weighted by atomic mass is 10.0. The predicted octanol–water partition coefficient (Wildman–Crippen LogP) is 4.60. The van der Waals surface area contributed by atoms with Crippen LogP contribution in [0.15, 0.2) is 84.4 Å². The van der Waals surface area contributed by atoms with Crippen molar-refractivity contribution < 1.29 is 9.53 Å². The Bertz CT molecular complexity index is 1060. The Hall–Kier alpha value is -3.38. The second-order valence-corrected chi connectivity index (χ2v) is 7.59. The van der Waals surface area contributed by atoms with Crippen molar-refractivity contribution in [3.8, 4) is 5.75 Å². The largest absolute Gasteiger partial charge is 0.483 e. The quantitative estimate of drug-likeness (QED) is 0.468. The summed E-state index contributed by atoms with van der Waals surface area (Å²) < 4.78 is 7.60. The van der Waals surface area contributed by atoms with Crippen LogP contribution in [0.2, 0.25) is 0 Å². The van der Waals surface area contributed by atoms with Gasteiger partial charge in [-0.05, 0) is 28.6 Å². The minimum absolute atomic E-state index is 0.0595. The molecule has 1 N–H and O–H groups in total. The first kappa shape index (κ1) is 19.0. The van der Waals surface area contributed by atoms with Crippen LogP contribution in [0, 0.1) is 0 Å². The van der Waals surface area contributed by atoms with Crippen molar-refractivity contribution in [1.29, 1.82) is 0 Å². The van der Waals surface area contributed by atoms with Gasteiger partial charge in [0, 0.05) is 17.4 Å². The SMILES string of the molecule is O=C(COc1ccccc1Cc1ccccc1)Nc1ccnn1Cc1cccs1. The van der Waals surface area contributed by atoms with E-state index < -0.39 is 0 Å². The maximum atomic E-state index is 12.4. The fourth-order valence-electron chi connectivity index (χ4n) is 3.04. The molecule has 0 fully saturated rings. The molecule has 0 spiro atoms. The summed E-state index contributed by atoms with van der Waals surface area (Å²) in [7, 11) is 0. The molecule has 0 saturated heterocycles. The summed E-state index contributed by atoms with van der Waals surface area (Å²) in [5.41, 5.74) is 2.25. The van der Waals surface area contributed by atoms with Gasteiger partial charge in [0.25, 0.3) is 5.91 Å². The Labute approximate surface area is 173 Å². The summed E-state index contributed by atoms with van der Waals surface area (Å²) in [6.45, 7) is 0.566. The van der Waals surface area contributed by atoms with E-state index in [2.05, 4.69) is 22.5 Å². The molecule has 6 heteroatoms. The molecule has 0 saturated carbocycles. The van der Waals surface area contributed by atoms with Gasteiger partial charge in [0.1, 0.15) is 11.6 Å². The number of carbonyl (C=O) groups is 1.